The summed E-state index contributed by atoms with van der Waals surface area (Å²) in [5, 5.41) is 5.96. The lowest BCUT2D eigenvalue weighted by molar-refractivity contribution is -0.119. The number of nitrogens with one attached hydrogen (secondary N) is 2. The van der Waals surface area contributed by atoms with E-state index >= 15 is 0 Å². The average Bonchev–Trinajstić information content (AvgIpc) is 3.30. The molecule has 0 unspecified atom stereocenters. The molecule has 0 aromatic rings. The monoisotopic (exact) mass is 311 g/mol. The normalized spacial score (nSPS) is 19.7. The van der Waals surface area contributed by atoms with E-state index in [0.717, 1.165) is 25.7 Å². The van der Waals surface area contributed by atoms with E-state index in [-0.39, 0.29) is 30.5 Å². The molecule has 2 aliphatic rings. The number of carbonyl (C=O) groups is 2. The Hall–Kier alpha value is -1.99. The minimum atomic E-state index is -0.265. The van der Waals surface area contributed by atoms with Crippen molar-refractivity contribution in [2.24, 2.45) is 10.7 Å². The molecule has 2 amide bonds. The van der Waals surface area contributed by atoms with Crippen molar-refractivity contribution >= 4 is 18.0 Å². The zero-order valence-corrected chi connectivity index (χ0v) is 13.0. The number of carbonyl (C=O) groups excluding carboxylic acids is 2. The molecule has 1 aliphatic carbocycles. The van der Waals surface area contributed by atoms with E-state index < -0.39 is 0 Å². The van der Waals surface area contributed by atoms with Crippen LogP contribution in [0.15, 0.2) is 4.99 Å². The first-order valence-electron chi connectivity index (χ1n) is 7.86. The number of piperidine rings is 1. The van der Waals surface area contributed by atoms with E-state index in [1.54, 1.807) is 11.8 Å². The van der Waals surface area contributed by atoms with Crippen LogP contribution in [-0.2, 0) is 9.53 Å². The Labute approximate surface area is 130 Å². The molecule has 0 atom stereocenters. The lowest BCUT2D eigenvalue weighted by Gasteiger charge is -2.31. The summed E-state index contributed by atoms with van der Waals surface area (Å²) in [7, 11) is 0. The Morgan fingerprint density at radius 2 is 1.82 bits per heavy atom. The highest BCUT2D eigenvalue weighted by atomic mass is 16.6. The molecule has 0 aromatic heterocycles. The van der Waals surface area contributed by atoms with Gasteiger partial charge in [0.1, 0.15) is 6.54 Å². The van der Waals surface area contributed by atoms with Gasteiger partial charge in [-0.2, -0.15) is 0 Å². The molecule has 0 spiro atoms. The minimum Gasteiger partial charge on any atom is -0.450 e. The summed E-state index contributed by atoms with van der Waals surface area (Å²) in [6.45, 7) is 3.50. The SMILES string of the molecule is CCOC(=O)N1CCC(NC(N)=NCC(=O)NC2CC2)CC1. The molecule has 124 valence electrons. The van der Waals surface area contributed by atoms with Crippen molar-refractivity contribution in [3.63, 3.8) is 0 Å². The molecule has 2 rings (SSSR count). The maximum absolute atomic E-state index is 11.6. The first kappa shape index (κ1) is 16.4. The van der Waals surface area contributed by atoms with E-state index in [1.807, 2.05) is 0 Å². The fourth-order valence-electron chi connectivity index (χ4n) is 2.33. The van der Waals surface area contributed by atoms with Crippen LogP contribution in [0.4, 0.5) is 4.79 Å². The van der Waals surface area contributed by atoms with Gasteiger partial charge in [0.25, 0.3) is 0 Å². The number of rotatable bonds is 5. The highest BCUT2D eigenvalue weighted by molar-refractivity contribution is 5.84. The molecular formula is C14H25N5O3. The molecule has 22 heavy (non-hydrogen) atoms. The molecule has 2 fully saturated rings. The van der Waals surface area contributed by atoms with Gasteiger partial charge >= 0.3 is 6.09 Å². The van der Waals surface area contributed by atoms with Crippen molar-refractivity contribution in [1.82, 2.24) is 15.5 Å². The molecule has 1 aliphatic heterocycles. The predicted octanol–water partition coefficient (Wildman–Crippen LogP) is -0.210. The van der Waals surface area contributed by atoms with Crippen LogP contribution >= 0.6 is 0 Å². The lowest BCUT2D eigenvalue weighted by Crippen LogP contribution is -2.48. The second-order valence-electron chi connectivity index (χ2n) is 5.65. The second kappa shape index (κ2) is 7.86. The van der Waals surface area contributed by atoms with E-state index in [4.69, 9.17) is 10.5 Å². The van der Waals surface area contributed by atoms with Crippen LogP contribution in [0.2, 0.25) is 0 Å². The van der Waals surface area contributed by atoms with Crippen molar-refractivity contribution in [2.45, 2.75) is 44.7 Å². The highest BCUT2D eigenvalue weighted by Crippen LogP contribution is 2.18. The predicted molar refractivity (Wildman–Crippen MR) is 82.4 cm³/mol. The summed E-state index contributed by atoms with van der Waals surface area (Å²) in [5.41, 5.74) is 5.80. The van der Waals surface area contributed by atoms with Gasteiger partial charge in [-0.25, -0.2) is 9.79 Å². The number of hydrogen-bond donors (Lipinski definition) is 3. The van der Waals surface area contributed by atoms with E-state index in [2.05, 4.69) is 15.6 Å². The molecule has 8 nitrogen and oxygen atoms in total. The molecule has 1 saturated carbocycles. The molecule has 8 heteroatoms. The Balaban J connectivity index is 1.66. The summed E-state index contributed by atoms with van der Waals surface area (Å²) < 4.78 is 4.97. The number of guanidine groups is 1. The van der Waals surface area contributed by atoms with Crippen LogP contribution in [-0.4, -0.2) is 61.2 Å². The fraction of sp³-hybridized carbons (Fsp3) is 0.786. The number of hydrogen-bond acceptors (Lipinski definition) is 4. The molecule has 1 saturated heterocycles. The van der Waals surface area contributed by atoms with Crippen molar-refractivity contribution in [1.29, 1.82) is 0 Å². The topological polar surface area (TPSA) is 109 Å². The lowest BCUT2D eigenvalue weighted by atomic mass is 10.1. The van der Waals surface area contributed by atoms with Crippen molar-refractivity contribution in [3.05, 3.63) is 0 Å². The van der Waals surface area contributed by atoms with Gasteiger partial charge in [-0.3, -0.25) is 4.79 Å². The van der Waals surface area contributed by atoms with Gasteiger partial charge in [0.15, 0.2) is 5.96 Å². The Kier molecular flexibility index (Phi) is 5.85. The van der Waals surface area contributed by atoms with Crippen LogP contribution in [0, 0.1) is 0 Å². The standard InChI is InChI=1S/C14H25N5O3/c1-2-22-14(21)19-7-5-11(6-8-19)18-13(15)16-9-12(20)17-10-3-4-10/h10-11H,2-9H2,1H3,(H,17,20)(H3,15,16,18). The maximum Gasteiger partial charge on any atom is 0.409 e. The summed E-state index contributed by atoms with van der Waals surface area (Å²) in [6.07, 6.45) is 3.41. The van der Waals surface area contributed by atoms with Gasteiger partial charge in [0, 0.05) is 25.2 Å². The minimum absolute atomic E-state index is 0.0526. The molecule has 0 bridgehead atoms. The smallest absolute Gasteiger partial charge is 0.409 e. The van der Waals surface area contributed by atoms with Crippen LogP contribution in [0.3, 0.4) is 0 Å². The van der Waals surface area contributed by atoms with Crippen LogP contribution in [0.25, 0.3) is 0 Å². The Bertz CT molecular complexity index is 428. The van der Waals surface area contributed by atoms with Gasteiger partial charge in [-0.1, -0.05) is 0 Å². The van der Waals surface area contributed by atoms with Gasteiger partial charge in [-0.05, 0) is 32.6 Å². The third kappa shape index (κ3) is 5.42. The van der Waals surface area contributed by atoms with Crippen LogP contribution in [0.1, 0.15) is 32.6 Å². The summed E-state index contributed by atoms with van der Waals surface area (Å²) >= 11 is 0. The average molecular weight is 311 g/mol. The molecule has 4 N–H and O–H groups in total. The number of ether oxygens (including phenoxy) is 1. The van der Waals surface area contributed by atoms with Crippen molar-refractivity contribution in [2.75, 3.05) is 26.2 Å². The number of nitrogens with two attached hydrogens (primary N) is 1. The second-order valence-corrected chi connectivity index (χ2v) is 5.65. The van der Waals surface area contributed by atoms with E-state index in [1.165, 1.54) is 0 Å². The zero-order valence-electron chi connectivity index (χ0n) is 13.0. The maximum atomic E-state index is 11.6. The quantitative estimate of drug-likeness (QED) is 0.481. The summed E-state index contributed by atoms with van der Waals surface area (Å²) in [4.78, 5) is 28.8. The molecule has 0 radical (unpaired) electrons. The van der Waals surface area contributed by atoms with Crippen LogP contribution < -0.4 is 16.4 Å². The van der Waals surface area contributed by atoms with E-state index in [0.29, 0.717) is 25.7 Å². The third-order valence-electron chi connectivity index (χ3n) is 3.71. The molecule has 0 aromatic carbocycles. The van der Waals surface area contributed by atoms with E-state index in [9.17, 15) is 9.59 Å². The van der Waals surface area contributed by atoms with Crippen LogP contribution in [0.5, 0.6) is 0 Å². The number of nitrogens with zero attached hydrogens (tertiary/aromatic N) is 2. The summed E-state index contributed by atoms with van der Waals surface area (Å²) in [5.74, 6) is 0.185. The molecule has 1 heterocycles. The van der Waals surface area contributed by atoms with Crippen molar-refractivity contribution in [3.8, 4) is 0 Å². The fourth-order valence-corrected chi connectivity index (χ4v) is 2.33. The first-order valence-corrected chi connectivity index (χ1v) is 7.86. The van der Waals surface area contributed by atoms with Gasteiger partial charge in [-0.15, -0.1) is 0 Å². The van der Waals surface area contributed by atoms with Gasteiger partial charge in [0.05, 0.1) is 6.61 Å². The molecular weight excluding hydrogens is 286 g/mol. The van der Waals surface area contributed by atoms with Gasteiger partial charge in [0.2, 0.25) is 5.91 Å². The number of aliphatic imine (C=N–C) groups is 1. The zero-order chi connectivity index (χ0) is 15.9. The summed E-state index contributed by atoms with van der Waals surface area (Å²) in [6, 6.07) is 0.505. The Morgan fingerprint density at radius 1 is 1.18 bits per heavy atom. The Morgan fingerprint density at radius 3 is 2.41 bits per heavy atom. The largest absolute Gasteiger partial charge is 0.450 e. The first-order chi connectivity index (χ1) is 10.6. The van der Waals surface area contributed by atoms with Gasteiger partial charge < -0.3 is 26.0 Å². The van der Waals surface area contributed by atoms with Crippen molar-refractivity contribution < 1.29 is 14.3 Å². The number of likely N-dealkylation sites (tertiary alicyclic amines) is 1. The number of amides is 2. The third-order valence-corrected chi connectivity index (χ3v) is 3.71. The highest BCUT2D eigenvalue weighted by Gasteiger charge is 2.24.